The first kappa shape index (κ1) is 31.5. The fraction of sp³-hybridized carbons (Fsp3) is 0.111. The molecule has 0 aromatic heterocycles. The third-order valence-electron chi connectivity index (χ3n) is 0.767. The zero-order valence-corrected chi connectivity index (χ0v) is 11.4. The van der Waals surface area contributed by atoms with Crippen molar-refractivity contribution >= 4 is 7.81 Å². The van der Waals surface area contributed by atoms with E-state index in [2.05, 4.69) is 44.3 Å². The van der Waals surface area contributed by atoms with Crippen molar-refractivity contribution in [2.24, 2.45) is 0 Å². The molecule has 1 rings (SSSR count). The van der Waals surface area contributed by atoms with E-state index in [1.165, 1.54) is 0 Å². The monoisotopic (exact) mass is 364 g/mol. The number of rotatable bonds is 0. The molecule has 20 heavy (non-hydrogen) atoms. The van der Waals surface area contributed by atoms with Crippen LogP contribution < -0.4 is 0 Å². The van der Waals surface area contributed by atoms with Crippen molar-refractivity contribution in [2.75, 3.05) is 0 Å². The molecule has 0 aromatic rings. The quantitative estimate of drug-likeness (QED) is 0.192. The van der Waals surface area contributed by atoms with Crippen LogP contribution in [0.2, 0.25) is 0 Å². The Morgan fingerprint density at radius 1 is 0.750 bits per heavy atom. The van der Waals surface area contributed by atoms with Crippen molar-refractivity contribution in [1.29, 1.82) is 0 Å². The van der Waals surface area contributed by atoms with Gasteiger partial charge in [0.1, 0.15) is 0 Å². The average Bonchev–Trinajstić information content (AvgIpc) is 2.35. The molecule has 0 atom stereocenters. The standard InChI is InChI=1S/C6H7.3CO.F6P.Fe/c1-2-4-6-5-3-1;3*1-2;1-7(2,3,4,5)6;/h1-5H,6H2;;;;;/q+1;;;;-1;. The average molecular weight is 364 g/mol. The van der Waals surface area contributed by atoms with Crippen molar-refractivity contribution in [3.8, 4) is 0 Å². The van der Waals surface area contributed by atoms with Crippen LogP contribution in [0.3, 0.4) is 0 Å². The molecule has 0 bridgehead atoms. The van der Waals surface area contributed by atoms with Gasteiger partial charge in [-0.05, 0) is 0 Å². The fourth-order valence-electron chi connectivity index (χ4n) is 0.457. The van der Waals surface area contributed by atoms with Gasteiger partial charge >= 0.3 is 66.9 Å². The first-order chi connectivity index (χ1) is 8.45. The van der Waals surface area contributed by atoms with Gasteiger partial charge in [0.25, 0.3) is 0 Å². The Balaban J connectivity index is -0.0000000528. The Morgan fingerprint density at radius 2 is 0.950 bits per heavy atom. The minimum absolute atomic E-state index is 0. The van der Waals surface area contributed by atoms with Crippen LogP contribution >= 0.6 is 7.81 Å². The van der Waals surface area contributed by atoms with Crippen LogP contribution in [0.15, 0.2) is 24.3 Å². The van der Waals surface area contributed by atoms with E-state index in [1.54, 1.807) is 0 Å². The van der Waals surface area contributed by atoms with E-state index in [4.69, 9.17) is 14.0 Å². The zero-order chi connectivity index (χ0) is 16.7. The molecule has 0 aromatic carbocycles. The van der Waals surface area contributed by atoms with Crippen LogP contribution in [0.25, 0.3) is 0 Å². The van der Waals surface area contributed by atoms with Crippen LogP contribution in [0.1, 0.15) is 6.42 Å². The largest absolute Gasteiger partial charge is 0 e. The molecule has 0 N–H and O–H groups in total. The van der Waals surface area contributed by atoms with E-state index < -0.39 is 7.81 Å². The molecule has 11 heteroatoms. The molecule has 116 valence electrons. The van der Waals surface area contributed by atoms with E-state index in [-0.39, 0.29) is 17.1 Å². The van der Waals surface area contributed by atoms with Gasteiger partial charge in [-0.25, -0.2) is 0 Å². The first-order valence-corrected chi connectivity index (χ1v) is 5.80. The topological polar surface area (TPSA) is 59.7 Å². The van der Waals surface area contributed by atoms with Crippen molar-refractivity contribution in [1.82, 2.24) is 0 Å². The summed E-state index contributed by atoms with van der Waals surface area (Å²) in [6.07, 6.45) is 11.5. The van der Waals surface area contributed by atoms with Gasteiger partial charge in [-0.3, -0.25) is 0 Å². The van der Waals surface area contributed by atoms with Crippen LogP contribution in [0.4, 0.5) is 25.2 Å². The molecule has 0 fully saturated rings. The van der Waals surface area contributed by atoms with Crippen molar-refractivity contribution in [2.45, 2.75) is 6.42 Å². The summed E-state index contributed by atoms with van der Waals surface area (Å²) in [7, 11) is -10.7. The number of hydrogen-bond donors (Lipinski definition) is 0. The summed E-state index contributed by atoms with van der Waals surface area (Å²) in [5.41, 5.74) is 0. The summed E-state index contributed by atoms with van der Waals surface area (Å²) in [6, 6.07) is 0. The van der Waals surface area contributed by atoms with E-state index in [1.807, 2.05) is 6.42 Å². The molecule has 0 saturated heterocycles. The van der Waals surface area contributed by atoms with Crippen LogP contribution in [-0.4, -0.2) is 0 Å². The first-order valence-electron chi connectivity index (χ1n) is 3.78. The molecule has 0 unspecified atom stereocenters. The smallest absolute Gasteiger partial charge is 0 e. The Morgan fingerprint density at radius 3 is 1.00 bits per heavy atom. The normalized spacial score (nSPS) is 13.6. The SMILES string of the molecule is C1=CCC=C[CH+]1.F[P-](F)(F)(F)(F)F.[C-]#[O+].[C-]#[O+].[C-]#[O+].[Fe]. The van der Waals surface area contributed by atoms with Crippen LogP contribution in [-0.2, 0) is 31.0 Å². The Kier molecular flexibility index (Phi) is 20.6. The van der Waals surface area contributed by atoms with Crippen LogP contribution in [0, 0.1) is 26.4 Å². The molecule has 3 nitrogen and oxygen atoms in total. The van der Waals surface area contributed by atoms with Gasteiger partial charge in [-0.2, -0.15) is 0 Å². The number of hydrogen-bond acceptors (Lipinski definition) is 0. The minimum Gasteiger partial charge on any atom is 0 e. The third-order valence-corrected chi connectivity index (χ3v) is 0.767. The van der Waals surface area contributed by atoms with E-state index >= 15 is 0 Å². The van der Waals surface area contributed by atoms with Gasteiger partial charge < -0.3 is 0 Å². The van der Waals surface area contributed by atoms with E-state index in [9.17, 15) is 25.2 Å². The van der Waals surface area contributed by atoms with E-state index in [0.717, 1.165) is 6.42 Å². The second kappa shape index (κ2) is 13.1. The van der Waals surface area contributed by atoms with Crippen molar-refractivity contribution in [3.05, 3.63) is 50.7 Å². The predicted octanol–water partition coefficient (Wildman–Crippen LogP) is 4.97. The molecule has 0 aliphatic heterocycles. The summed E-state index contributed by atoms with van der Waals surface area (Å²) in [5.74, 6) is 0. The van der Waals surface area contributed by atoms with Gasteiger partial charge in [-0.15, -0.1) is 0 Å². The summed E-state index contributed by atoms with van der Waals surface area (Å²) in [4.78, 5) is 0. The van der Waals surface area contributed by atoms with Gasteiger partial charge in [0.05, 0.1) is 6.42 Å². The predicted molar refractivity (Wildman–Crippen MR) is 52.6 cm³/mol. The Hall–Kier alpha value is -0.901. The molecule has 0 amide bonds. The molecule has 0 saturated carbocycles. The maximum Gasteiger partial charge on any atom is 0 e. The summed E-state index contributed by atoms with van der Waals surface area (Å²) in [6.45, 7) is 13.5. The summed E-state index contributed by atoms with van der Waals surface area (Å²) < 4.78 is 81.7. The van der Waals surface area contributed by atoms with Crippen molar-refractivity contribution in [3.63, 3.8) is 0 Å². The number of allylic oxidation sites excluding steroid dienone is 4. The molecule has 0 radical (unpaired) electrons. The Bertz CT molecular complexity index is 295. The Labute approximate surface area is 122 Å². The fourth-order valence-corrected chi connectivity index (χ4v) is 0.457. The molecule has 0 spiro atoms. The molecular weight excluding hydrogens is 357 g/mol. The maximum atomic E-state index is 9.87. The second-order valence-corrected chi connectivity index (χ2v) is 4.16. The molecule has 0 heterocycles. The zero-order valence-electron chi connectivity index (χ0n) is 9.39. The second-order valence-electron chi connectivity index (χ2n) is 2.24. The third kappa shape index (κ3) is 170. The van der Waals surface area contributed by atoms with Gasteiger partial charge in [0.2, 0.25) is 0 Å². The van der Waals surface area contributed by atoms with Crippen LogP contribution in [0.5, 0.6) is 0 Å². The van der Waals surface area contributed by atoms with Gasteiger partial charge in [0, 0.05) is 47.8 Å². The minimum atomic E-state index is -10.7. The summed E-state index contributed by atoms with van der Waals surface area (Å²) >= 11 is 0. The van der Waals surface area contributed by atoms with E-state index in [0.29, 0.717) is 0 Å². The number of halogens is 6. The van der Waals surface area contributed by atoms with Gasteiger partial charge in [-0.1, -0.05) is 0 Å². The molecule has 1 aliphatic rings. The summed E-state index contributed by atoms with van der Waals surface area (Å²) in [5, 5.41) is 0. The maximum absolute atomic E-state index is 10.7. The van der Waals surface area contributed by atoms with Crippen molar-refractivity contribution < 1.29 is 56.2 Å². The molecular formula is C9H7F6FeO3P. The molecule has 1 aliphatic carbocycles. The van der Waals surface area contributed by atoms with Gasteiger partial charge in [0.15, 0.2) is 0 Å².